The van der Waals surface area contributed by atoms with Gasteiger partial charge in [0, 0.05) is 21.7 Å². The normalized spacial score (nSPS) is 10.3. The Bertz CT molecular complexity index is 764. The molecule has 2 rings (SSSR count). The maximum atomic E-state index is 12.3. The van der Waals surface area contributed by atoms with E-state index in [4.69, 9.17) is 11.5 Å². The molecule has 0 aliphatic heterocycles. The molecule has 5 N–H and O–H groups in total. The predicted octanol–water partition coefficient (Wildman–Crippen LogP) is 2.07. The lowest BCUT2D eigenvalue weighted by Crippen LogP contribution is -2.17. The largest absolute Gasteiger partial charge is 0.366 e. The number of rotatable bonds is 5. The van der Waals surface area contributed by atoms with Crippen LogP contribution in [-0.2, 0) is 6.42 Å². The van der Waals surface area contributed by atoms with E-state index in [0.717, 1.165) is 16.9 Å². The van der Waals surface area contributed by atoms with Crippen LogP contribution in [0.4, 0.5) is 5.69 Å². The van der Waals surface area contributed by atoms with Gasteiger partial charge in [-0.15, -0.1) is 11.3 Å². The van der Waals surface area contributed by atoms with Crippen molar-refractivity contribution < 1.29 is 14.4 Å². The zero-order valence-electron chi connectivity index (χ0n) is 12.8. The zero-order valence-corrected chi connectivity index (χ0v) is 13.6. The Morgan fingerprint density at radius 2 is 1.61 bits per heavy atom. The van der Waals surface area contributed by atoms with Gasteiger partial charge in [-0.3, -0.25) is 14.4 Å². The summed E-state index contributed by atoms with van der Waals surface area (Å²) in [5.41, 5.74) is 12.1. The first kappa shape index (κ1) is 16.7. The van der Waals surface area contributed by atoms with Crippen LogP contribution in [0, 0.1) is 6.92 Å². The molecule has 0 saturated carbocycles. The predicted molar refractivity (Wildman–Crippen MR) is 89.9 cm³/mol. The lowest BCUT2D eigenvalue weighted by atomic mass is 10.1. The van der Waals surface area contributed by atoms with E-state index in [1.807, 2.05) is 19.9 Å². The van der Waals surface area contributed by atoms with Crippen LogP contribution in [0.1, 0.15) is 47.8 Å². The quantitative estimate of drug-likeness (QED) is 0.779. The Hall–Kier alpha value is -2.67. The van der Waals surface area contributed by atoms with Crippen molar-refractivity contribution in [1.29, 1.82) is 0 Å². The van der Waals surface area contributed by atoms with Crippen LogP contribution >= 0.6 is 11.3 Å². The second kappa shape index (κ2) is 6.62. The highest BCUT2D eigenvalue weighted by molar-refractivity contribution is 7.14. The zero-order chi connectivity index (χ0) is 17.1. The Kier molecular flexibility index (Phi) is 4.80. The number of amides is 3. The number of primary amides is 2. The summed E-state index contributed by atoms with van der Waals surface area (Å²) in [5, 5.41) is 2.67. The highest BCUT2D eigenvalue weighted by atomic mass is 32.1. The number of nitrogens with one attached hydrogen (secondary N) is 1. The van der Waals surface area contributed by atoms with Gasteiger partial charge in [-0.25, -0.2) is 0 Å². The number of aryl methyl sites for hydroxylation is 2. The number of hydrogen-bond acceptors (Lipinski definition) is 4. The van der Waals surface area contributed by atoms with Crippen LogP contribution < -0.4 is 16.8 Å². The van der Waals surface area contributed by atoms with E-state index >= 15 is 0 Å². The molecule has 3 amide bonds. The van der Waals surface area contributed by atoms with Gasteiger partial charge in [-0.05, 0) is 43.2 Å². The van der Waals surface area contributed by atoms with Gasteiger partial charge in [-0.1, -0.05) is 6.92 Å². The summed E-state index contributed by atoms with van der Waals surface area (Å²) in [4.78, 5) is 36.6. The third kappa shape index (κ3) is 3.75. The summed E-state index contributed by atoms with van der Waals surface area (Å²) in [6.07, 6.45) is 0.846. The van der Waals surface area contributed by atoms with Gasteiger partial charge in [-0.2, -0.15) is 0 Å². The molecule has 0 unspecified atom stereocenters. The lowest BCUT2D eigenvalue weighted by molar-refractivity contribution is 0.0994. The Labute approximate surface area is 137 Å². The summed E-state index contributed by atoms with van der Waals surface area (Å²) >= 11 is 1.39. The Morgan fingerprint density at radius 1 is 1.04 bits per heavy atom. The van der Waals surface area contributed by atoms with Gasteiger partial charge in [0.2, 0.25) is 11.8 Å². The average Bonchev–Trinajstić information content (AvgIpc) is 2.88. The van der Waals surface area contributed by atoms with E-state index < -0.39 is 11.8 Å². The first-order valence-electron chi connectivity index (χ1n) is 6.97. The average molecular weight is 331 g/mol. The van der Waals surface area contributed by atoms with Crippen molar-refractivity contribution in [3.63, 3.8) is 0 Å². The molecule has 0 bridgehead atoms. The van der Waals surface area contributed by atoms with Gasteiger partial charge in [0.15, 0.2) is 0 Å². The van der Waals surface area contributed by atoms with E-state index in [1.165, 1.54) is 29.5 Å². The van der Waals surface area contributed by atoms with E-state index in [0.29, 0.717) is 10.6 Å². The molecule has 1 heterocycles. The van der Waals surface area contributed by atoms with Gasteiger partial charge in [0.05, 0.1) is 4.88 Å². The van der Waals surface area contributed by atoms with Crippen LogP contribution in [-0.4, -0.2) is 17.7 Å². The van der Waals surface area contributed by atoms with Crippen LogP contribution in [0.2, 0.25) is 0 Å². The Balaban J connectivity index is 2.32. The summed E-state index contributed by atoms with van der Waals surface area (Å²) in [6.45, 7) is 3.98. The number of hydrogen-bond donors (Lipinski definition) is 3. The fourth-order valence-corrected chi connectivity index (χ4v) is 3.17. The molecular formula is C16H17N3O3S. The van der Waals surface area contributed by atoms with Crippen LogP contribution in [0.15, 0.2) is 24.3 Å². The molecule has 0 fully saturated rings. The van der Waals surface area contributed by atoms with E-state index in [9.17, 15) is 14.4 Å². The van der Waals surface area contributed by atoms with Crippen LogP contribution in [0.5, 0.6) is 0 Å². The second-order valence-corrected chi connectivity index (χ2v) is 6.28. The first-order valence-corrected chi connectivity index (χ1v) is 7.78. The molecule has 0 atom stereocenters. The number of carbonyl (C=O) groups is 3. The van der Waals surface area contributed by atoms with Gasteiger partial charge < -0.3 is 16.8 Å². The molecule has 1 aromatic carbocycles. The molecule has 0 spiro atoms. The number of benzene rings is 1. The maximum Gasteiger partial charge on any atom is 0.265 e. The number of thiophene rings is 1. The molecule has 0 aliphatic rings. The first-order chi connectivity index (χ1) is 10.8. The Morgan fingerprint density at radius 3 is 2.04 bits per heavy atom. The van der Waals surface area contributed by atoms with Crippen molar-refractivity contribution in [2.75, 3.05) is 5.32 Å². The molecule has 0 radical (unpaired) electrons. The number of carbonyl (C=O) groups excluding carboxylic acids is 3. The summed E-state index contributed by atoms with van der Waals surface area (Å²) in [7, 11) is 0. The van der Waals surface area contributed by atoms with Gasteiger partial charge in [0.1, 0.15) is 0 Å². The molecule has 23 heavy (non-hydrogen) atoms. The molecule has 0 aliphatic carbocycles. The third-order valence-electron chi connectivity index (χ3n) is 3.39. The fraction of sp³-hybridized carbons (Fsp3) is 0.188. The second-order valence-electron chi connectivity index (χ2n) is 5.03. The number of anilines is 1. The highest BCUT2D eigenvalue weighted by Crippen LogP contribution is 2.23. The van der Waals surface area contributed by atoms with Crippen molar-refractivity contribution in [2.24, 2.45) is 11.5 Å². The van der Waals surface area contributed by atoms with E-state index in [2.05, 4.69) is 5.32 Å². The minimum atomic E-state index is -0.705. The molecule has 2 aromatic rings. The van der Waals surface area contributed by atoms with Crippen molar-refractivity contribution in [3.8, 4) is 0 Å². The van der Waals surface area contributed by atoms with Crippen LogP contribution in [0.25, 0.3) is 0 Å². The standard InChI is InChI=1S/C16H17N3O3S/c1-3-9-7-13(23-8(9)2)16(22)19-12-5-10(14(17)20)4-11(6-12)15(18)21/h4-7H,3H2,1-2H3,(H2,17,20)(H2,18,21)(H,19,22). The van der Waals surface area contributed by atoms with Crippen molar-refractivity contribution >= 4 is 34.7 Å². The van der Waals surface area contributed by atoms with Gasteiger partial charge in [0.25, 0.3) is 5.91 Å². The molecule has 6 nitrogen and oxygen atoms in total. The molecular weight excluding hydrogens is 314 g/mol. The SMILES string of the molecule is CCc1cc(C(=O)Nc2cc(C(N)=O)cc(C(N)=O)c2)sc1C. The monoisotopic (exact) mass is 331 g/mol. The summed E-state index contributed by atoms with van der Waals surface area (Å²) < 4.78 is 0. The minimum Gasteiger partial charge on any atom is -0.366 e. The maximum absolute atomic E-state index is 12.3. The molecule has 120 valence electrons. The van der Waals surface area contributed by atoms with E-state index in [-0.39, 0.29) is 17.0 Å². The third-order valence-corrected chi connectivity index (χ3v) is 4.48. The van der Waals surface area contributed by atoms with E-state index in [1.54, 1.807) is 0 Å². The summed E-state index contributed by atoms with van der Waals surface area (Å²) in [5.74, 6) is -1.72. The van der Waals surface area contributed by atoms with Crippen molar-refractivity contribution in [2.45, 2.75) is 20.3 Å². The molecule has 0 saturated heterocycles. The van der Waals surface area contributed by atoms with Crippen LogP contribution in [0.3, 0.4) is 0 Å². The fourth-order valence-electron chi connectivity index (χ4n) is 2.16. The summed E-state index contributed by atoms with van der Waals surface area (Å²) in [6, 6.07) is 5.95. The number of nitrogens with two attached hydrogens (primary N) is 2. The van der Waals surface area contributed by atoms with Gasteiger partial charge >= 0.3 is 0 Å². The van der Waals surface area contributed by atoms with Crippen molar-refractivity contribution in [3.05, 3.63) is 50.7 Å². The molecule has 7 heteroatoms. The topological polar surface area (TPSA) is 115 Å². The highest BCUT2D eigenvalue weighted by Gasteiger charge is 2.14. The molecule has 1 aromatic heterocycles. The minimum absolute atomic E-state index is 0.105. The van der Waals surface area contributed by atoms with Crippen molar-refractivity contribution in [1.82, 2.24) is 0 Å². The lowest BCUT2D eigenvalue weighted by Gasteiger charge is -2.07. The smallest absolute Gasteiger partial charge is 0.265 e.